The summed E-state index contributed by atoms with van der Waals surface area (Å²) in [7, 11) is 0. The Morgan fingerprint density at radius 3 is 2.81 bits per heavy atom. The number of allylic oxidation sites excluding steroid dienone is 1. The van der Waals surface area contributed by atoms with Crippen molar-refractivity contribution in [2.45, 2.75) is 50.7 Å². The molecule has 1 aromatic heterocycles. The molecule has 0 bridgehead atoms. The summed E-state index contributed by atoms with van der Waals surface area (Å²) in [4.78, 5) is 17.0. The van der Waals surface area contributed by atoms with Crippen molar-refractivity contribution >= 4 is 12.0 Å². The molecule has 2 aromatic rings. The third-order valence-corrected chi connectivity index (χ3v) is 7.59. The molecule has 1 aliphatic heterocycles. The maximum atomic E-state index is 13.5. The van der Waals surface area contributed by atoms with Crippen molar-refractivity contribution < 1.29 is 19.0 Å². The van der Waals surface area contributed by atoms with E-state index in [4.69, 9.17) is 4.74 Å². The molecule has 1 saturated heterocycles. The molecule has 3 aliphatic rings. The summed E-state index contributed by atoms with van der Waals surface area (Å²) in [5.41, 5.74) is 1.08. The predicted molar refractivity (Wildman–Crippen MR) is 116 cm³/mol. The van der Waals surface area contributed by atoms with Crippen LogP contribution < -0.4 is 0 Å². The Hall–Kier alpha value is -2.53. The number of benzene rings is 1. The van der Waals surface area contributed by atoms with Gasteiger partial charge in [-0.25, -0.2) is 9.18 Å². The normalized spacial score (nSPS) is 34.9. The fourth-order valence-corrected chi connectivity index (χ4v) is 6.20. The summed E-state index contributed by atoms with van der Waals surface area (Å²) in [5.74, 6) is -0.0531. The Labute approximate surface area is 182 Å². The summed E-state index contributed by atoms with van der Waals surface area (Å²) in [6.07, 6.45) is 10.7. The number of pyridine rings is 1. The first-order valence-corrected chi connectivity index (χ1v) is 11.3. The van der Waals surface area contributed by atoms with Crippen LogP contribution in [0.4, 0.5) is 4.39 Å². The van der Waals surface area contributed by atoms with Gasteiger partial charge in [-0.1, -0.05) is 43.5 Å². The number of cyclic esters (lactones) is 1. The number of fused-ring (bicyclic) bond motifs is 2. The van der Waals surface area contributed by atoms with Gasteiger partial charge in [0.1, 0.15) is 11.9 Å². The van der Waals surface area contributed by atoms with Crippen LogP contribution in [-0.4, -0.2) is 27.8 Å². The molecule has 4 nitrogen and oxygen atoms in total. The van der Waals surface area contributed by atoms with Gasteiger partial charge >= 0.3 is 5.97 Å². The van der Waals surface area contributed by atoms with E-state index < -0.39 is 11.6 Å². The van der Waals surface area contributed by atoms with Crippen LogP contribution in [0.1, 0.15) is 44.7 Å². The van der Waals surface area contributed by atoms with Crippen molar-refractivity contribution in [3.8, 4) is 11.1 Å². The van der Waals surface area contributed by atoms with Crippen LogP contribution in [-0.2, 0) is 9.53 Å². The molecule has 31 heavy (non-hydrogen) atoms. The highest BCUT2D eigenvalue weighted by atomic mass is 19.1. The van der Waals surface area contributed by atoms with E-state index in [1.807, 2.05) is 31.2 Å². The fourth-order valence-electron chi connectivity index (χ4n) is 6.20. The van der Waals surface area contributed by atoms with Crippen molar-refractivity contribution in [3.05, 3.63) is 60.2 Å². The number of halogens is 1. The Bertz CT molecular complexity index is 1000. The molecule has 0 unspecified atom stereocenters. The molecule has 0 amide bonds. The molecule has 3 fully saturated rings. The lowest BCUT2D eigenvalue weighted by Crippen LogP contribution is -2.54. The van der Waals surface area contributed by atoms with Gasteiger partial charge in [0.15, 0.2) is 5.60 Å². The lowest BCUT2D eigenvalue weighted by Gasteiger charge is -2.48. The first-order chi connectivity index (χ1) is 15.0. The van der Waals surface area contributed by atoms with E-state index >= 15 is 0 Å². The zero-order valence-corrected chi connectivity index (χ0v) is 17.7. The van der Waals surface area contributed by atoms with E-state index in [-0.39, 0.29) is 23.8 Å². The van der Waals surface area contributed by atoms with E-state index in [1.165, 1.54) is 18.6 Å². The summed E-state index contributed by atoms with van der Waals surface area (Å²) in [6.45, 7) is 1.90. The van der Waals surface area contributed by atoms with Crippen LogP contribution in [0.15, 0.2) is 48.7 Å². The van der Waals surface area contributed by atoms with Gasteiger partial charge < -0.3 is 9.84 Å². The van der Waals surface area contributed by atoms with Gasteiger partial charge in [0.05, 0.1) is 5.69 Å². The quantitative estimate of drug-likeness (QED) is 0.707. The molecule has 0 spiro atoms. The number of esters is 1. The molecule has 1 N–H and O–H groups in total. The third kappa shape index (κ3) is 3.59. The maximum absolute atomic E-state index is 13.5. The number of aromatic nitrogens is 1. The molecule has 0 radical (unpaired) electrons. The second-order valence-corrected chi connectivity index (χ2v) is 9.39. The lowest BCUT2D eigenvalue weighted by molar-refractivity contribution is -0.162. The number of hydrogen-bond donors (Lipinski definition) is 1. The Morgan fingerprint density at radius 1 is 1.19 bits per heavy atom. The highest BCUT2D eigenvalue weighted by molar-refractivity contribution is 5.82. The summed E-state index contributed by atoms with van der Waals surface area (Å²) < 4.78 is 19.0. The van der Waals surface area contributed by atoms with Gasteiger partial charge in [-0.2, -0.15) is 0 Å². The molecule has 2 saturated carbocycles. The molecule has 5 rings (SSSR count). The van der Waals surface area contributed by atoms with Gasteiger partial charge in [-0.15, -0.1) is 0 Å². The molecule has 6 atom stereocenters. The smallest absolute Gasteiger partial charge is 0.338 e. The van der Waals surface area contributed by atoms with Crippen molar-refractivity contribution in [1.29, 1.82) is 0 Å². The van der Waals surface area contributed by atoms with Crippen molar-refractivity contribution in [1.82, 2.24) is 4.98 Å². The maximum Gasteiger partial charge on any atom is 0.338 e. The zero-order chi connectivity index (χ0) is 21.6. The number of nitrogens with zero attached hydrogens (tertiary/aromatic N) is 1. The van der Waals surface area contributed by atoms with E-state index in [1.54, 1.807) is 12.3 Å². The van der Waals surface area contributed by atoms with Gasteiger partial charge in [0.2, 0.25) is 0 Å². The second-order valence-electron chi connectivity index (χ2n) is 9.39. The number of hydrogen-bond acceptors (Lipinski definition) is 4. The van der Waals surface area contributed by atoms with Crippen molar-refractivity contribution in [2.75, 3.05) is 0 Å². The zero-order valence-electron chi connectivity index (χ0n) is 17.7. The van der Waals surface area contributed by atoms with Crippen molar-refractivity contribution in [2.24, 2.45) is 23.7 Å². The Morgan fingerprint density at radius 2 is 2.03 bits per heavy atom. The van der Waals surface area contributed by atoms with Crippen LogP contribution in [0.5, 0.6) is 0 Å². The molecular formula is C26H28FNO3. The molecule has 2 heterocycles. The Kier molecular flexibility index (Phi) is 5.17. The highest BCUT2D eigenvalue weighted by Crippen LogP contribution is 2.55. The van der Waals surface area contributed by atoms with Crippen LogP contribution in [0, 0.1) is 29.5 Å². The van der Waals surface area contributed by atoms with Gasteiger partial charge in [-0.05, 0) is 67.4 Å². The van der Waals surface area contributed by atoms with E-state index in [0.29, 0.717) is 18.3 Å². The summed E-state index contributed by atoms with van der Waals surface area (Å²) in [5, 5.41) is 11.3. The van der Waals surface area contributed by atoms with Crippen LogP contribution >= 0.6 is 0 Å². The first-order valence-electron chi connectivity index (χ1n) is 11.3. The van der Waals surface area contributed by atoms with Crippen molar-refractivity contribution in [3.63, 3.8) is 0 Å². The molecule has 5 heteroatoms. The lowest BCUT2D eigenvalue weighted by atomic mass is 9.56. The average Bonchev–Trinajstić information content (AvgIpc) is 2.99. The van der Waals surface area contributed by atoms with Gasteiger partial charge in [-0.3, -0.25) is 4.98 Å². The van der Waals surface area contributed by atoms with Crippen LogP contribution in [0.3, 0.4) is 0 Å². The fraction of sp³-hybridized carbons (Fsp3) is 0.462. The summed E-state index contributed by atoms with van der Waals surface area (Å²) >= 11 is 0. The monoisotopic (exact) mass is 421 g/mol. The number of aliphatic hydroxyl groups is 1. The molecular weight excluding hydrogens is 393 g/mol. The van der Waals surface area contributed by atoms with E-state index in [2.05, 4.69) is 11.1 Å². The number of carbonyl (C=O) groups is 1. The van der Waals surface area contributed by atoms with E-state index in [0.717, 1.165) is 36.1 Å². The number of ether oxygens (including phenoxy) is 1. The van der Waals surface area contributed by atoms with Gasteiger partial charge in [0.25, 0.3) is 0 Å². The third-order valence-electron chi connectivity index (χ3n) is 7.59. The molecule has 2 aliphatic carbocycles. The predicted octanol–water partition coefficient (Wildman–Crippen LogP) is 5.02. The first kappa shape index (κ1) is 20.4. The van der Waals surface area contributed by atoms with Gasteiger partial charge in [0, 0.05) is 17.7 Å². The topological polar surface area (TPSA) is 59.4 Å². The van der Waals surface area contributed by atoms with Crippen LogP contribution in [0.25, 0.3) is 17.2 Å². The SMILES string of the molecule is C[C@H]1OC(=O)[C@]2(O)C[C@@H]3CCCC[C@H]3[C@H](C=Cc3ccc(-c4cccc(F)c4)cn3)[C@H]12. The summed E-state index contributed by atoms with van der Waals surface area (Å²) in [6, 6.07) is 10.3. The minimum atomic E-state index is -1.37. The number of carbonyl (C=O) groups excluding carboxylic acids is 1. The highest BCUT2D eigenvalue weighted by Gasteiger charge is 2.63. The standard InChI is InChI=1S/C26H28FNO3/c1-16-24-23(22-8-3-2-5-18(22)14-26(24,30)25(29)31-16)12-11-21-10-9-19(15-28-21)17-6-4-7-20(27)13-17/h4,6-7,9-13,15-16,18,22-24,30H,2-3,5,8,14H2,1H3/t16-,18+,22-,23+,24+,26+/m1/s1. The average molecular weight is 422 g/mol. The molecule has 1 aromatic carbocycles. The molecule has 162 valence electrons. The second kappa shape index (κ2) is 7.86. The minimum absolute atomic E-state index is 0.0789. The minimum Gasteiger partial charge on any atom is -0.460 e. The van der Waals surface area contributed by atoms with Crippen LogP contribution in [0.2, 0.25) is 0 Å². The van der Waals surface area contributed by atoms with E-state index in [9.17, 15) is 14.3 Å². The Balaban J connectivity index is 1.42. The largest absolute Gasteiger partial charge is 0.460 e. The number of rotatable bonds is 3.